The first kappa shape index (κ1) is 25.3. The Balaban J connectivity index is 1.25. The standard InChI is InChI=1S/C43H28S/c1-2-11-29(12-3-1)30-21-25-32(26-22-30)43(39-18-7-4-13-35(39)36-14-5-8-19-40(36)43)33-27-23-31(24-28-33)34-16-10-17-38-37-15-6-9-20-41(37)44-42(34)38/h1-28H. The Bertz CT molecular complexity index is 2260. The Hall–Kier alpha value is -5.24. The molecule has 8 aromatic rings. The minimum atomic E-state index is -0.412. The molecule has 0 unspecified atom stereocenters. The molecule has 206 valence electrons. The lowest BCUT2D eigenvalue weighted by molar-refractivity contribution is 0.769. The van der Waals surface area contributed by atoms with Crippen LogP contribution in [0, 0.1) is 0 Å². The number of rotatable bonds is 4. The van der Waals surface area contributed by atoms with Crippen LogP contribution in [0.3, 0.4) is 0 Å². The van der Waals surface area contributed by atoms with Crippen molar-refractivity contribution in [1.29, 1.82) is 0 Å². The van der Waals surface area contributed by atoms with Crippen molar-refractivity contribution in [3.05, 3.63) is 192 Å². The highest BCUT2D eigenvalue weighted by Gasteiger charge is 2.45. The Labute approximate surface area is 261 Å². The third-order valence-electron chi connectivity index (χ3n) is 9.41. The van der Waals surface area contributed by atoms with E-state index in [1.54, 1.807) is 0 Å². The molecule has 0 nitrogen and oxygen atoms in total. The molecular weight excluding hydrogens is 549 g/mol. The summed E-state index contributed by atoms with van der Waals surface area (Å²) >= 11 is 1.89. The molecule has 0 N–H and O–H groups in total. The third kappa shape index (κ3) is 3.63. The van der Waals surface area contributed by atoms with E-state index in [0.717, 1.165) is 0 Å². The third-order valence-corrected chi connectivity index (χ3v) is 10.6. The zero-order valence-corrected chi connectivity index (χ0v) is 24.9. The van der Waals surface area contributed by atoms with Gasteiger partial charge in [-0.15, -0.1) is 11.3 Å². The van der Waals surface area contributed by atoms with Gasteiger partial charge in [0.25, 0.3) is 0 Å². The van der Waals surface area contributed by atoms with Crippen LogP contribution in [0.1, 0.15) is 22.3 Å². The van der Waals surface area contributed by atoms with Gasteiger partial charge in [0, 0.05) is 20.2 Å². The normalized spacial score (nSPS) is 13.2. The van der Waals surface area contributed by atoms with E-state index in [2.05, 4.69) is 170 Å². The molecule has 1 aromatic heterocycles. The molecule has 0 spiro atoms. The van der Waals surface area contributed by atoms with Crippen molar-refractivity contribution in [3.63, 3.8) is 0 Å². The number of thiophene rings is 1. The molecule has 0 saturated carbocycles. The molecule has 0 amide bonds. The minimum Gasteiger partial charge on any atom is -0.135 e. The van der Waals surface area contributed by atoms with Gasteiger partial charge >= 0.3 is 0 Å². The molecule has 0 aliphatic heterocycles. The first-order chi connectivity index (χ1) is 21.8. The highest BCUT2D eigenvalue weighted by Crippen LogP contribution is 2.56. The van der Waals surface area contributed by atoms with Gasteiger partial charge in [0.2, 0.25) is 0 Å². The van der Waals surface area contributed by atoms with Crippen molar-refractivity contribution >= 4 is 31.5 Å². The number of hydrogen-bond donors (Lipinski definition) is 0. The van der Waals surface area contributed by atoms with Crippen LogP contribution in [0.15, 0.2) is 170 Å². The summed E-state index contributed by atoms with van der Waals surface area (Å²) in [6.07, 6.45) is 0. The second-order valence-electron chi connectivity index (χ2n) is 11.6. The van der Waals surface area contributed by atoms with Crippen molar-refractivity contribution in [2.24, 2.45) is 0 Å². The van der Waals surface area contributed by atoms with Gasteiger partial charge in [-0.2, -0.15) is 0 Å². The Kier molecular flexibility index (Phi) is 5.69. The van der Waals surface area contributed by atoms with Gasteiger partial charge in [-0.25, -0.2) is 0 Å². The Morgan fingerprint density at radius 2 is 0.841 bits per heavy atom. The SMILES string of the molecule is c1ccc(-c2ccc(C3(c4ccc(-c5cccc6c5sc5ccccc56)cc4)c4ccccc4-c4ccccc43)cc2)cc1. The first-order valence-corrected chi connectivity index (χ1v) is 16.0. The highest BCUT2D eigenvalue weighted by atomic mass is 32.1. The van der Waals surface area contributed by atoms with E-state index in [9.17, 15) is 0 Å². The average molecular weight is 577 g/mol. The molecule has 0 atom stereocenters. The van der Waals surface area contributed by atoms with E-state index in [-0.39, 0.29) is 0 Å². The smallest absolute Gasteiger partial charge is 0.0713 e. The van der Waals surface area contributed by atoms with E-state index in [1.165, 1.54) is 75.8 Å². The Morgan fingerprint density at radius 3 is 1.52 bits per heavy atom. The second-order valence-corrected chi connectivity index (χ2v) is 12.7. The lowest BCUT2D eigenvalue weighted by atomic mass is 9.67. The molecule has 1 heteroatoms. The van der Waals surface area contributed by atoms with Gasteiger partial charge in [-0.05, 0) is 61.7 Å². The van der Waals surface area contributed by atoms with Crippen LogP contribution in [-0.4, -0.2) is 0 Å². The predicted molar refractivity (Wildman–Crippen MR) is 188 cm³/mol. The van der Waals surface area contributed by atoms with E-state index in [4.69, 9.17) is 0 Å². The van der Waals surface area contributed by atoms with Crippen molar-refractivity contribution in [2.45, 2.75) is 5.41 Å². The molecule has 7 aromatic carbocycles. The fourth-order valence-corrected chi connectivity index (χ4v) is 8.68. The van der Waals surface area contributed by atoms with Crippen LogP contribution in [0.2, 0.25) is 0 Å². The maximum absolute atomic E-state index is 2.37. The summed E-state index contributed by atoms with van der Waals surface area (Å²) < 4.78 is 2.69. The van der Waals surface area contributed by atoms with Crippen LogP contribution >= 0.6 is 11.3 Å². The van der Waals surface area contributed by atoms with E-state index in [1.807, 2.05) is 11.3 Å². The van der Waals surface area contributed by atoms with E-state index >= 15 is 0 Å². The average Bonchev–Trinajstić information content (AvgIpc) is 3.63. The molecule has 0 radical (unpaired) electrons. The van der Waals surface area contributed by atoms with Crippen molar-refractivity contribution in [2.75, 3.05) is 0 Å². The first-order valence-electron chi connectivity index (χ1n) is 15.2. The van der Waals surface area contributed by atoms with Crippen LogP contribution in [-0.2, 0) is 5.41 Å². The van der Waals surface area contributed by atoms with Gasteiger partial charge < -0.3 is 0 Å². The van der Waals surface area contributed by atoms with Gasteiger partial charge in [-0.1, -0.05) is 164 Å². The Morgan fingerprint density at radius 1 is 0.341 bits per heavy atom. The second kappa shape index (κ2) is 9.91. The lowest BCUT2D eigenvalue weighted by Gasteiger charge is -2.34. The maximum atomic E-state index is 2.37. The fraction of sp³-hybridized carbons (Fsp3) is 0.0233. The van der Waals surface area contributed by atoms with Crippen molar-refractivity contribution < 1.29 is 0 Å². The quantitative estimate of drug-likeness (QED) is 0.195. The van der Waals surface area contributed by atoms with E-state index < -0.39 is 5.41 Å². The summed E-state index contributed by atoms with van der Waals surface area (Å²) in [5.41, 5.74) is 12.5. The molecule has 44 heavy (non-hydrogen) atoms. The van der Waals surface area contributed by atoms with Crippen molar-refractivity contribution in [3.8, 4) is 33.4 Å². The summed E-state index contributed by atoms with van der Waals surface area (Å²) in [5, 5.41) is 2.67. The van der Waals surface area contributed by atoms with Gasteiger partial charge in [0.1, 0.15) is 0 Å². The number of benzene rings is 7. The topological polar surface area (TPSA) is 0 Å². The zero-order valence-electron chi connectivity index (χ0n) is 24.1. The van der Waals surface area contributed by atoms with Crippen LogP contribution in [0.25, 0.3) is 53.6 Å². The van der Waals surface area contributed by atoms with Crippen LogP contribution in [0.4, 0.5) is 0 Å². The highest BCUT2D eigenvalue weighted by molar-refractivity contribution is 7.26. The zero-order chi connectivity index (χ0) is 29.1. The van der Waals surface area contributed by atoms with Gasteiger partial charge in [0.05, 0.1) is 5.41 Å². The summed E-state index contributed by atoms with van der Waals surface area (Å²) in [7, 11) is 0. The molecule has 0 saturated heterocycles. The molecule has 1 aliphatic rings. The van der Waals surface area contributed by atoms with Gasteiger partial charge in [0.15, 0.2) is 0 Å². The molecule has 0 bridgehead atoms. The van der Waals surface area contributed by atoms with Crippen LogP contribution in [0.5, 0.6) is 0 Å². The molecule has 1 aliphatic carbocycles. The maximum Gasteiger partial charge on any atom is 0.0713 e. The molecule has 1 heterocycles. The fourth-order valence-electron chi connectivity index (χ4n) is 7.44. The van der Waals surface area contributed by atoms with E-state index in [0.29, 0.717) is 0 Å². The summed E-state index contributed by atoms with van der Waals surface area (Å²) in [6.45, 7) is 0. The lowest BCUT2D eigenvalue weighted by Crippen LogP contribution is -2.28. The summed E-state index contributed by atoms with van der Waals surface area (Å²) in [4.78, 5) is 0. The molecule has 9 rings (SSSR count). The summed E-state index contributed by atoms with van der Waals surface area (Å²) in [5.74, 6) is 0. The molecular formula is C43H28S. The monoisotopic (exact) mass is 576 g/mol. The molecule has 0 fully saturated rings. The van der Waals surface area contributed by atoms with Gasteiger partial charge in [-0.3, -0.25) is 0 Å². The van der Waals surface area contributed by atoms with Crippen LogP contribution < -0.4 is 0 Å². The largest absolute Gasteiger partial charge is 0.135 e. The number of fused-ring (bicyclic) bond motifs is 6. The minimum absolute atomic E-state index is 0.412. The summed E-state index contributed by atoms with van der Waals surface area (Å²) in [6, 6.07) is 62.7. The van der Waals surface area contributed by atoms with Crippen molar-refractivity contribution in [1.82, 2.24) is 0 Å². The number of hydrogen-bond acceptors (Lipinski definition) is 1. The predicted octanol–water partition coefficient (Wildman–Crippen LogP) is 11.8.